The maximum Gasteiger partial charge on any atom is 0.266 e. The van der Waals surface area contributed by atoms with Gasteiger partial charge in [-0.2, -0.15) is 0 Å². The third-order valence-electron chi connectivity index (χ3n) is 8.39. The minimum Gasteiger partial charge on any atom is -0.218 e. The van der Waals surface area contributed by atoms with Crippen LogP contribution in [-0.2, 0) is 0 Å². The van der Waals surface area contributed by atoms with E-state index < -0.39 is 21.0 Å². The molecule has 0 saturated carbocycles. The molecule has 0 nitrogen and oxygen atoms in total. The van der Waals surface area contributed by atoms with E-state index in [4.69, 9.17) is 0 Å². The molecule has 0 atom stereocenters. The number of benzene rings is 7. The maximum absolute atomic E-state index is 2.69. The Kier molecular flexibility index (Phi) is 9.94. The fourth-order valence-corrected chi connectivity index (χ4v) is 14.5. The Balaban J connectivity index is 0.000000162. The van der Waals surface area contributed by atoms with E-state index in [1.54, 1.807) is 0 Å². The molecule has 0 radical (unpaired) electrons. The Bertz CT molecular complexity index is 1550. The Morgan fingerprint density at radius 3 is 0.614 bits per heavy atom. The van der Waals surface area contributed by atoms with Crippen LogP contribution in [0.4, 0.5) is 0 Å². The van der Waals surface area contributed by atoms with Crippen LogP contribution in [0.15, 0.2) is 212 Å². The average Bonchev–Trinajstić information content (AvgIpc) is 3.12. The van der Waals surface area contributed by atoms with Gasteiger partial charge >= 0.3 is 0 Å². The van der Waals surface area contributed by atoms with Crippen LogP contribution in [0.2, 0.25) is 0 Å². The lowest BCUT2D eigenvalue weighted by Gasteiger charge is -2.40. The normalized spacial score (nSPS) is 10.9. The molecule has 0 aliphatic carbocycles. The first-order valence-electron chi connectivity index (χ1n) is 15.3. The van der Waals surface area contributed by atoms with Gasteiger partial charge in [0, 0.05) is 0 Å². The van der Waals surface area contributed by atoms with Crippen molar-refractivity contribution in [2.24, 2.45) is 0 Å². The second-order valence-electron chi connectivity index (χ2n) is 11.0. The molecular formula is C42H36AlP. The van der Waals surface area contributed by atoms with Gasteiger partial charge < -0.3 is 0 Å². The molecule has 0 fully saturated rings. The molecule has 7 aromatic carbocycles. The number of hydrogen-bond acceptors (Lipinski definition) is 0. The quantitative estimate of drug-likeness (QED) is 0.151. The van der Waals surface area contributed by atoms with Crippen LogP contribution in [0, 0.1) is 0 Å². The molecule has 7 rings (SSSR count). The summed E-state index contributed by atoms with van der Waals surface area (Å²) in [6.07, 6.45) is 0. The summed E-state index contributed by atoms with van der Waals surface area (Å²) in [5.74, 6) is 0. The third-order valence-corrected chi connectivity index (χ3v) is 16.7. The molecule has 0 amide bonds. The van der Waals surface area contributed by atoms with Crippen molar-refractivity contribution in [1.82, 2.24) is 0 Å². The van der Waals surface area contributed by atoms with Gasteiger partial charge in [0.15, 0.2) is 0 Å². The summed E-state index contributed by atoms with van der Waals surface area (Å²) in [6.45, 7) is 0. The SMILES string of the molecule is c1cc[c]([Al-]([c]2ccccc2)([c]2ccccc2)[c]2ccccc2)cc1.c1ccc([PH+](c2ccccc2)c2ccccc2)cc1. The molecule has 0 N–H and O–H groups in total. The summed E-state index contributed by atoms with van der Waals surface area (Å²) in [4.78, 5) is 0. The van der Waals surface area contributed by atoms with Crippen LogP contribution in [0.1, 0.15) is 0 Å². The molecule has 0 spiro atoms. The first-order valence-corrected chi connectivity index (χ1v) is 19.1. The molecule has 0 aromatic heterocycles. The van der Waals surface area contributed by atoms with E-state index in [0.29, 0.717) is 0 Å². The monoisotopic (exact) mass is 598 g/mol. The summed E-state index contributed by atoms with van der Waals surface area (Å²) in [6, 6.07) is 76.7. The Hall–Kier alpha value is -4.50. The molecule has 0 unspecified atom stereocenters. The largest absolute Gasteiger partial charge is 0.266 e. The minimum absolute atomic E-state index is 0.877. The van der Waals surface area contributed by atoms with E-state index >= 15 is 0 Å². The van der Waals surface area contributed by atoms with Gasteiger partial charge in [-0.15, -0.1) is 48.5 Å². The van der Waals surface area contributed by atoms with Crippen molar-refractivity contribution in [3.8, 4) is 0 Å². The van der Waals surface area contributed by atoms with Crippen molar-refractivity contribution in [3.63, 3.8) is 0 Å². The fraction of sp³-hybridized carbons (Fsp3) is 0. The van der Waals surface area contributed by atoms with Crippen LogP contribution < -0.4 is 33.6 Å². The average molecular weight is 599 g/mol. The van der Waals surface area contributed by atoms with Gasteiger partial charge in [0.05, 0.1) is 7.92 Å². The van der Waals surface area contributed by atoms with E-state index in [9.17, 15) is 0 Å². The zero-order valence-electron chi connectivity index (χ0n) is 24.8. The summed E-state index contributed by atoms with van der Waals surface area (Å²) in [7, 11) is -0.877. The molecule has 44 heavy (non-hydrogen) atoms. The smallest absolute Gasteiger partial charge is 0.218 e. The summed E-state index contributed by atoms with van der Waals surface area (Å²) >= 11 is -2.69. The zero-order valence-corrected chi connectivity index (χ0v) is 26.9. The Morgan fingerprint density at radius 2 is 0.409 bits per heavy atom. The molecule has 0 saturated heterocycles. The lowest BCUT2D eigenvalue weighted by Crippen LogP contribution is -2.74. The highest BCUT2D eigenvalue weighted by Crippen LogP contribution is 2.32. The highest BCUT2D eigenvalue weighted by Gasteiger charge is 2.36. The highest BCUT2D eigenvalue weighted by molar-refractivity contribution is 7.79. The van der Waals surface area contributed by atoms with Crippen molar-refractivity contribution in [3.05, 3.63) is 212 Å². The van der Waals surface area contributed by atoms with Gasteiger partial charge in [-0.3, -0.25) is 0 Å². The van der Waals surface area contributed by atoms with E-state index in [2.05, 4.69) is 212 Å². The summed E-state index contributed by atoms with van der Waals surface area (Å²) < 4.78 is 5.77. The Labute approximate surface area is 265 Å². The van der Waals surface area contributed by atoms with Crippen LogP contribution in [0.25, 0.3) is 0 Å². The fourth-order valence-electron chi connectivity index (χ4n) is 6.44. The van der Waals surface area contributed by atoms with E-state index in [0.717, 1.165) is 0 Å². The second-order valence-corrected chi connectivity index (χ2v) is 17.9. The van der Waals surface area contributed by atoms with Crippen molar-refractivity contribution < 1.29 is 0 Å². The highest BCUT2D eigenvalue weighted by atomic mass is 31.1. The van der Waals surface area contributed by atoms with Crippen molar-refractivity contribution in [2.45, 2.75) is 0 Å². The van der Waals surface area contributed by atoms with E-state index in [1.165, 1.54) is 33.6 Å². The molecule has 7 aromatic rings. The van der Waals surface area contributed by atoms with E-state index in [1.807, 2.05) is 0 Å². The predicted octanol–water partition coefficient (Wildman–Crippen LogP) is 6.24. The van der Waals surface area contributed by atoms with Gasteiger partial charge in [-0.1, -0.05) is 127 Å². The summed E-state index contributed by atoms with van der Waals surface area (Å²) in [5.41, 5.74) is 0. The first kappa shape index (κ1) is 29.6. The molecule has 212 valence electrons. The maximum atomic E-state index is 2.30. The van der Waals surface area contributed by atoms with Crippen LogP contribution >= 0.6 is 7.92 Å². The molecule has 0 aliphatic rings. The van der Waals surface area contributed by atoms with Crippen molar-refractivity contribution in [1.29, 1.82) is 0 Å². The van der Waals surface area contributed by atoms with Crippen LogP contribution in [0.3, 0.4) is 0 Å². The van der Waals surface area contributed by atoms with E-state index in [-0.39, 0.29) is 0 Å². The van der Waals surface area contributed by atoms with Gasteiger partial charge in [0.2, 0.25) is 0 Å². The van der Waals surface area contributed by atoms with Gasteiger partial charge in [-0.25, -0.2) is 17.7 Å². The van der Waals surface area contributed by atoms with Gasteiger partial charge in [-0.05, 0) is 36.4 Å². The molecule has 0 aliphatic heterocycles. The lowest BCUT2D eigenvalue weighted by molar-refractivity contribution is 1.66. The summed E-state index contributed by atoms with van der Waals surface area (Å²) in [5, 5.41) is 4.31. The lowest BCUT2D eigenvalue weighted by atomic mass is 10.3. The zero-order chi connectivity index (χ0) is 29.9. The van der Waals surface area contributed by atoms with Gasteiger partial charge in [0.25, 0.3) is 13.1 Å². The van der Waals surface area contributed by atoms with Crippen molar-refractivity contribution >= 4 is 54.6 Å². The van der Waals surface area contributed by atoms with Crippen LogP contribution in [-0.4, -0.2) is 13.1 Å². The standard InChI is InChI=1S/C18H15P.4C6H5.Al/c1-4-10-16(11-5-1)19(17-12-6-2-7-13-17)18-14-8-3-9-15-18;4*1-2-4-6-5-3-1;/h1-15H;4*1-5H;/q;;;;;-1/p+1. The minimum atomic E-state index is -2.69. The Morgan fingerprint density at radius 1 is 0.227 bits per heavy atom. The third kappa shape index (κ3) is 6.53. The predicted molar refractivity (Wildman–Crippen MR) is 197 cm³/mol. The second kappa shape index (κ2) is 14.8. The topological polar surface area (TPSA) is 0 Å². The molecule has 0 heterocycles. The number of hydrogen-bond donors (Lipinski definition) is 0. The molecular weight excluding hydrogens is 562 g/mol. The van der Waals surface area contributed by atoms with Crippen LogP contribution in [0.5, 0.6) is 0 Å². The van der Waals surface area contributed by atoms with Crippen molar-refractivity contribution in [2.75, 3.05) is 0 Å². The molecule has 2 heteroatoms. The molecule has 0 bridgehead atoms. The van der Waals surface area contributed by atoms with Gasteiger partial charge in [0.1, 0.15) is 15.9 Å². The first-order chi connectivity index (χ1) is 21.9. The number of rotatable bonds is 7.